The summed E-state index contributed by atoms with van der Waals surface area (Å²) < 4.78 is 10.2. The van der Waals surface area contributed by atoms with Crippen LogP contribution in [0.4, 0.5) is 0 Å². The molecule has 0 amide bonds. The predicted molar refractivity (Wildman–Crippen MR) is 56.0 cm³/mol. The van der Waals surface area contributed by atoms with Gasteiger partial charge in [0.05, 0.1) is 0 Å². The van der Waals surface area contributed by atoms with Crippen molar-refractivity contribution in [3.05, 3.63) is 0 Å². The molecule has 2 atom stereocenters. The first-order valence-electron chi connectivity index (χ1n) is 5.30. The lowest BCUT2D eigenvalue weighted by Crippen LogP contribution is -2.43. The van der Waals surface area contributed by atoms with E-state index >= 15 is 0 Å². The van der Waals surface area contributed by atoms with E-state index in [1.54, 1.807) is 14.2 Å². The molecule has 84 valence electrons. The number of methoxy groups -OCH3 is 2. The molecule has 2 unspecified atom stereocenters. The summed E-state index contributed by atoms with van der Waals surface area (Å²) in [5.74, 6) is 0. The molecule has 1 aliphatic carbocycles. The van der Waals surface area contributed by atoms with E-state index in [2.05, 4.69) is 5.32 Å². The van der Waals surface area contributed by atoms with Gasteiger partial charge in [-0.3, -0.25) is 0 Å². The number of nitrogens with two attached hydrogens (primary N) is 1. The SMILES string of the molecule is COC(CNC1CCCC(N)C1)OC. The van der Waals surface area contributed by atoms with Gasteiger partial charge in [0.1, 0.15) is 0 Å². The average molecular weight is 202 g/mol. The van der Waals surface area contributed by atoms with Gasteiger partial charge in [-0.1, -0.05) is 6.42 Å². The lowest BCUT2D eigenvalue weighted by atomic mass is 9.92. The van der Waals surface area contributed by atoms with E-state index in [1.165, 1.54) is 12.8 Å². The Morgan fingerprint density at radius 1 is 1.36 bits per heavy atom. The van der Waals surface area contributed by atoms with Gasteiger partial charge >= 0.3 is 0 Å². The summed E-state index contributed by atoms with van der Waals surface area (Å²) in [4.78, 5) is 0. The number of nitrogens with one attached hydrogen (secondary N) is 1. The fourth-order valence-corrected chi connectivity index (χ4v) is 1.94. The number of rotatable bonds is 5. The summed E-state index contributed by atoms with van der Waals surface area (Å²) in [6.45, 7) is 0.740. The molecule has 1 rings (SSSR count). The second-order valence-corrected chi connectivity index (χ2v) is 3.93. The summed E-state index contributed by atoms with van der Waals surface area (Å²) >= 11 is 0. The van der Waals surface area contributed by atoms with Gasteiger partial charge in [0, 0.05) is 32.8 Å². The maximum absolute atomic E-state index is 5.89. The van der Waals surface area contributed by atoms with Crippen LogP contribution in [0.1, 0.15) is 25.7 Å². The zero-order valence-corrected chi connectivity index (χ0v) is 9.16. The minimum Gasteiger partial charge on any atom is -0.355 e. The Bertz CT molecular complexity index is 151. The lowest BCUT2D eigenvalue weighted by molar-refractivity contribution is -0.100. The third-order valence-electron chi connectivity index (χ3n) is 2.81. The Morgan fingerprint density at radius 3 is 2.64 bits per heavy atom. The molecule has 0 saturated heterocycles. The Balaban J connectivity index is 2.16. The highest BCUT2D eigenvalue weighted by atomic mass is 16.7. The molecule has 0 radical (unpaired) electrons. The smallest absolute Gasteiger partial charge is 0.169 e. The monoisotopic (exact) mass is 202 g/mol. The molecule has 0 spiro atoms. The zero-order valence-electron chi connectivity index (χ0n) is 9.16. The van der Waals surface area contributed by atoms with E-state index < -0.39 is 0 Å². The summed E-state index contributed by atoms with van der Waals surface area (Å²) in [6, 6.07) is 0.899. The summed E-state index contributed by atoms with van der Waals surface area (Å²) in [6.07, 6.45) is 4.53. The largest absolute Gasteiger partial charge is 0.355 e. The van der Waals surface area contributed by atoms with Crippen LogP contribution in [0.25, 0.3) is 0 Å². The number of ether oxygens (including phenoxy) is 2. The van der Waals surface area contributed by atoms with Gasteiger partial charge in [-0.25, -0.2) is 0 Å². The van der Waals surface area contributed by atoms with Crippen LogP contribution < -0.4 is 11.1 Å². The van der Waals surface area contributed by atoms with Crippen molar-refractivity contribution in [1.82, 2.24) is 5.32 Å². The van der Waals surface area contributed by atoms with Crippen molar-refractivity contribution in [2.24, 2.45) is 5.73 Å². The van der Waals surface area contributed by atoms with Gasteiger partial charge in [-0.2, -0.15) is 0 Å². The van der Waals surface area contributed by atoms with Gasteiger partial charge in [0.25, 0.3) is 0 Å². The van der Waals surface area contributed by atoms with E-state index in [0.29, 0.717) is 12.1 Å². The predicted octanol–water partition coefficient (Wildman–Crippen LogP) is 0.465. The number of hydrogen-bond acceptors (Lipinski definition) is 4. The molecule has 0 aromatic rings. The van der Waals surface area contributed by atoms with Gasteiger partial charge in [-0.05, 0) is 19.3 Å². The molecule has 14 heavy (non-hydrogen) atoms. The molecule has 1 saturated carbocycles. The highest BCUT2D eigenvalue weighted by Gasteiger charge is 2.19. The highest BCUT2D eigenvalue weighted by Crippen LogP contribution is 2.16. The van der Waals surface area contributed by atoms with Crippen LogP contribution in [0.5, 0.6) is 0 Å². The Morgan fingerprint density at radius 2 is 2.07 bits per heavy atom. The summed E-state index contributed by atoms with van der Waals surface area (Å²) in [7, 11) is 3.31. The lowest BCUT2D eigenvalue weighted by Gasteiger charge is -2.28. The van der Waals surface area contributed by atoms with Gasteiger partial charge in [0.15, 0.2) is 6.29 Å². The minimum atomic E-state index is -0.145. The Labute approximate surface area is 86.1 Å². The highest BCUT2D eigenvalue weighted by molar-refractivity contribution is 4.79. The fourth-order valence-electron chi connectivity index (χ4n) is 1.94. The van der Waals surface area contributed by atoms with Gasteiger partial charge < -0.3 is 20.5 Å². The van der Waals surface area contributed by atoms with Crippen molar-refractivity contribution in [3.8, 4) is 0 Å². The molecular weight excluding hydrogens is 180 g/mol. The van der Waals surface area contributed by atoms with E-state index in [1.807, 2.05) is 0 Å². The van der Waals surface area contributed by atoms with Crippen LogP contribution in [0.3, 0.4) is 0 Å². The van der Waals surface area contributed by atoms with Crippen molar-refractivity contribution in [1.29, 1.82) is 0 Å². The molecule has 0 heterocycles. The van der Waals surface area contributed by atoms with Crippen molar-refractivity contribution in [2.75, 3.05) is 20.8 Å². The van der Waals surface area contributed by atoms with Crippen molar-refractivity contribution >= 4 is 0 Å². The maximum Gasteiger partial charge on any atom is 0.169 e. The summed E-state index contributed by atoms with van der Waals surface area (Å²) in [5.41, 5.74) is 5.89. The first-order valence-corrected chi connectivity index (χ1v) is 5.30. The van der Waals surface area contributed by atoms with Crippen LogP contribution in [-0.2, 0) is 9.47 Å². The standard InChI is InChI=1S/C10H22N2O2/c1-13-10(14-2)7-12-9-5-3-4-8(11)6-9/h8-10,12H,3-7,11H2,1-2H3. The molecule has 4 nitrogen and oxygen atoms in total. The maximum atomic E-state index is 5.89. The van der Waals surface area contributed by atoms with Crippen LogP contribution >= 0.6 is 0 Å². The average Bonchev–Trinajstić information content (AvgIpc) is 2.19. The van der Waals surface area contributed by atoms with E-state index in [-0.39, 0.29) is 6.29 Å². The molecular formula is C10H22N2O2. The molecule has 0 aromatic carbocycles. The van der Waals surface area contributed by atoms with Crippen molar-refractivity contribution in [2.45, 2.75) is 44.1 Å². The quantitative estimate of drug-likeness (QED) is 0.636. The molecule has 0 aromatic heterocycles. The third-order valence-corrected chi connectivity index (χ3v) is 2.81. The van der Waals surface area contributed by atoms with Crippen LogP contribution in [0.2, 0.25) is 0 Å². The van der Waals surface area contributed by atoms with Gasteiger partial charge in [0.2, 0.25) is 0 Å². The molecule has 3 N–H and O–H groups in total. The Hall–Kier alpha value is -0.160. The first-order chi connectivity index (χ1) is 6.76. The van der Waals surface area contributed by atoms with E-state index in [0.717, 1.165) is 19.4 Å². The molecule has 0 bridgehead atoms. The van der Waals surface area contributed by atoms with Crippen LogP contribution in [0.15, 0.2) is 0 Å². The molecule has 0 aliphatic heterocycles. The Kier molecular flexibility index (Phi) is 5.40. The number of hydrogen-bond donors (Lipinski definition) is 2. The van der Waals surface area contributed by atoms with Crippen molar-refractivity contribution in [3.63, 3.8) is 0 Å². The van der Waals surface area contributed by atoms with Crippen molar-refractivity contribution < 1.29 is 9.47 Å². The minimum absolute atomic E-state index is 0.145. The van der Waals surface area contributed by atoms with E-state index in [9.17, 15) is 0 Å². The van der Waals surface area contributed by atoms with Crippen LogP contribution in [0, 0.1) is 0 Å². The second-order valence-electron chi connectivity index (χ2n) is 3.93. The summed E-state index contributed by atoms with van der Waals surface area (Å²) in [5, 5.41) is 3.42. The second kappa shape index (κ2) is 6.35. The van der Waals surface area contributed by atoms with E-state index in [4.69, 9.17) is 15.2 Å². The van der Waals surface area contributed by atoms with Crippen LogP contribution in [-0.4, -0.2) is 39.1 Å². The zero-order chi connectivity index (χ0) is 10.4. The first kappa shape index (κ1) is 11.9. The normalized spacial score (nSPS) is 28.3. The molecule has 4 heteroatoms. The molecule has 1 fully saturated rings. The fraction of sp³-hybridized carbons (Fsp3) is 1.00. The molecule has 1 aliphatic rings. The topological polar surface area (TPSA) is 56.5 Å². The van der Waals surface area contributed by atoms with Gasteiger partial charge in [-0.15, -0.1) is 0 Å². The third kappa shape index (κ3) is 3.92.